The number of hydrogen-bond acceptors (Lipinski definition) is 5. The van der Waals surface area contributed by atoms with Crippen molar-refractivity contribution in [1.29, 1.82) is 0 Å². The maximum atomic E-state index is 12.5. The molecule has 0 fully saturated rings. The van der Waals surface area contributed by atoms with Gasteiger partial charge in [-0.25, -0.2) is 4.79 Å². The zero-order chi connectivity index (χ0) is 17.2. The van der Waals surface area contributed by atoms with Crippen molar-refractivity contribution in [3.8, 4) is 5.69 Å². The molecule has 0 aliphatic carbocycles. The van der Waals surface area contributed by atoms with Crippen molar-refractivity contribution in [2.45, 2.75) is 13.1 Å². The third-order valence-electron chi connectivity index (χ3n) is 2.82. The van der Waals surface area contributed by atoms with E-state index >= 15 is 0 Å². The Morgan fingerprint density at radius 3 is 2.43 bits per heavy atom. The number of nitro groups is 1. The van der Waals surface area contributed by atoms with Crippen LogP contribution in [0.4, 0.5) is 19.0 Å². The van der Waals surface area contributed by atoms with E-state index in [0.29, 0.717) is 0 Å². The van der Waals surface area contributed by atoms with Crippen LogP contribution in [0.5, 0.6) is 0 Å². The SMILES string of the molecule is CCOC(=O)c1cn(-c2ccc(C(F)(F)F)cc2)nc1[N+](=O)[O-]. The van der Waals surface area contributed by atoms with E-state index in [1.807, 2.05) is 0 Å². The van der Waals surface area contributed by atoms with E-state index in [9.17, 15) is 28.1 Å². The van der Waals surface area contributed by atoms with Crippen LogP contribution >= 0.6 is 0 Å². The second-order valence-electron chi connectivity index (χ2n) is 4.33. The molecule has 1 aromatic heterocycles. The minimum absolute atomic E-state index is 0.0153. The van der Waals surface area contributed by atoms with E-state index in [1.54, 1.807) is 0 Å². The lowest BCUT2D eigenvalue weighted by Crippen LogP contribution is -2.06. The van der Waals surface area contributed by atoms with Gasteiger partial charge in [-0.05, 0) is 36.1 Å². The molecule has 10 heteroatoms. The topological polar surface area (TPSA) is 87.3 Å². The Balaban J connectivity index is 2.42. The van der Waals surface area contributed by atoms with Gasteiger partial charge in [-0.3, -0.25) is 0 Å². The molecule has 0 bridgehead atoms. The van der Waals surface area contributed by atoms with Crippen molar-refractivity contribution in [3.05, 3.63) is 51.7 Å². The summed E-state index contributed by atoms with van der Waals surface area (Å²) in [6.07, 6.45) is -3.45. The number of ether oxygens (including phenoxy) is 1. The van der Waals surface area contributed by atoms with Crippen LogP contribution in [0.3, 0.4) is 0 Å². The molecule has 23 heavy (non-hydrogen) atoms. The highest BCUT2D eigenvalue weighted by Crippen LogP contribution is 2.30. The Labute approximate surface area is 127 Å². The zero-order valence-electron chi connectivity index (χ0n) is 11.7. The fourth-order valence-electron chi connectivity index (χ4n) is 1.79. The van der Waals surface area contributed by atoms with E-state index < -0.39 is 28.5 Å². The second kappa shape index (κ2) is 6.07. The first-order chi connectivity index (χ1) is 10.7. The minimum Gasteiger partial charge on any atom is -0.462 e. The van der Waals surface area contributed by atoms with E-state index in [2.05, 4.69) is 9.84 Å². The van der Waals surface area contributed by atoms with E-state index in [1.165, 1.54) is 6.92 Å². The van der Waals surface area contributed by atoms with Gasteiger partial charge in [0.1, 0.15) is 0 Å². The predicted octanol–water partition coefficient (Wildman–Crippen LogP) is 2.98. The molecule has 0 spiro atoms. The lowest BCUT2D eigenvalue weighted by atomic mass is 10.2. The second-order valence-corrected chi connectivity index (χ2v) is 4.33. The molecule has 1 aromatic carbocycles. The normalized spacial score (nSPS) is 11.3. The van der Waals surface area contributed by atoms with Gasteiger partial charge in [-0.15, -0.1) is 4.68 Å². The Morgan fingerprint density at radius 2 is 1.96 bits per heavy atom. The van der Waals surface area contributed by atoms with Crippen molar-refractivity contribution in [2.75, 3.05) is 6.61 Å². The van der Waals surface area contributed by atoms with Crippen molar-refractivity contribution in [2.24, 2.45) is 0 Å². The summed E-state index contributed by atoms with van der Waals surface area (Å²) in [5, 5.41) is 14.5. The highest BCUT2D eigenvalue weighted by atomic mass is 19.4. The number of esters is 1. The van der Waals surface area contributed by atoms with Gasteiger partial charge in [0.15, 0.2) is 5.56 Å². The molecule has 0 unspecified atom stereocenters. The molecule has 0 saturated heterocycles. The zero-order valence-corrected chi connectivity index (χ0v) is 11.7. The number of rotatable bonds is 4. The van der Waals surface area contributed by atoms with Crippen LogP contribution in [0.1, 0.15) is 22.8 Å². The molecule has 0 N–H and O–H groups in total. The highest BCUT2D eigenvalue weighted by Gasteiger charge is 2.31. The fourth-order valence-corrected chi connectivity index (χ4v) is 1.79. The molecule has 122 valence electrons. The Kier molecular flexibility index (Phi) is 4.34. The van der Waals surface area contributed by atoms with Gasteiger partial charge in [0.2, 0.25) is 0 Å². The summed E-state index contributed by atoms with van der Waals surface area (Å²) in [4.78, 5) is 21.7. The summed E-state index contributed by atoms with van der Waals surface area (Å²) >= 11 is 0. The minimum atomic E-state index is -4.50. The van der Waals surface area contributed by atoms with E-state index in [-0.39, 0.29) is 17.9 Å². The number of hydrogen-bond donors (Lipinski definition) is 0. The summed E-state index contributed by atoms with van der Waals surface area (Å²) in [6, 6.07) is 3.81. The number of carbonyl (C=O) groups is 1. The van der Waals surface area contributed by atoms with E-state index in [4.69, 9.17) is 0 Å². The number of carbonyl (C=O) groups excluding carboxylic acids is 1. The average Bonchev–Trinajstić information content (AvgIpc) is 2.92. The van der Waals surface area contributed by atoms with Gasteiger partial charge in [0.05, 0.1) is 29.2 Å². The smallest absolute Gasteiger partial charge is 0.416 e. The van der Waals surface area contributed by atoms with Crippen molar-refractivity contribution in [1.82, 2.24) is 9.78 Å². The first-order valence-electron chi connectivity index (χ1n) is 6.33. The molecule has 2 rings (SSSR count). The molecule has 1 heterocycles. The Morgan fingerprint density at radius 1 is 1.35 bits per heavy atom. The molecule has 0 saturated carbocycles. The summed E-state index contributed by atoms with van der Waals surface area (Å²) < 4.78 is 43.2. The van der Waals surface area contributed by atoms with Crippen LogP contribution in [0.2, 0.25) is 0 Å². The molecule has 0 atom stereocenters. The number of alkyl halides is 3. The summed E-state index contributed by atoms with van der Waals surface area (Å²) in [6.45, 7) is 1.55. The highest BCUT2D eigenvalue weighted by molar-refractivity contribution is 5.93. The predicted molar refractivity (Wildman–Crippen MR) is 71.2 cm³/mol. The molecular weight excluding hydrogens is 319 g/mol. The van der Waals surface area contributed by atoms with Gasteiger partial charge in [-0.1, -0.05) is 0 Å². The van der Waals surface area contributed by atoms with E-state index in [0.717, 1.165) is 35.1 Å². The molecular formula is C13H10F3N3O4. The lowest BCUT2D eigenvalue weighted by Gasteiger charge is -2.06. The molecule has 0 radical (unpaired) electrons. The monoisotopic (exact) mass is 329 g/mol. The summed E-state index contributed by atoms with van der Waals surface area (Å²) in [5.41, 5.74) is -1.11. The van der Waals surface area contributed by atoms with Crippen LogP contribution in [-0.2, 0) is 10.9 Å². The third kappa shape index (κ3) is 3.47. The molecule has 0 aliphatic rings. The standard InChI is InChI=1S/C13H10F3N3O4/c1-2-23-12(20)10-7-18(17-11(10)19(21)22)9-5-3-8(4-6-9)13(14,15)16/h3-7H,2H2,1H3. The third-order valence-corrected chi connectivity index (χ3v) is 2.82. The van der Waals surface area contributed by atoms with Crippen molar-refractivity contribution in [3.63, 3.8) is 0 Å². The maximum absolute atomic E-state index is 12.5. The van der Waals surface area contributed by atoms with Crippen molar-refractivity contribution < 1.29 is 27.6 Å². The first-order valence-corrected chi connectivity index (χ1v) is 6.33. The van der Waals surface area contributed by atoms with Gasteiger partial charge in [0, 0.05) is 0 Å². The van der Waals surface area contributed by atoms with Crippen LogP contribution in [0.15, 0.2) is 30.5 Å². The summed E-state index contributed by atoms with van der Waals surface area (Å²) in [7, 11) is 0. The van der Waals surface area contributed by atoms with Crippen LogP contribution in [0.25, 0.3) is 5.69 Å². The van der Waals surface area contributed by atoms with Crippen LogP contribution < -0.4 is 0 Å². The fraction of sp³-hybridized carbons (Fsp3) is 0.231. The summed E-state index contributed by atoms with van der Waals surface area (Å²) in [5.74, 6) is -1.67. The van der Waals surface area contributed by atoms with Gasteiger partial charge >= 0.3 is 18.0 Å². The molecule has 0 aliphatic heterocycles. The largest absolute Gasteiger partial charge is 0.462 e. The lowest BCUT2D eigenvalue weighted by molar-refractivity contribution is -0.390. The quantitative estimate of drug-likeness (QED) is 0.489. The Hall–Kier alpha value is -2.91. The Bertz CT molecular complexity index is 738. The average molecular weight is 329 g/mol. The van der Waals surface area contributed by atoms with Gasteiger partial charge < -0.3 is 14.9 Å². The van der Waals surface area contributed by atoms with Gasteiger partial charge in [0.25, 0.3) is 0 Å². The van der Waals surface area contributed by atoms with Crippen LogP contribution in [0, 0.1) is 10.1 Å². The maximum Gasteiger partial charge on any atom is 0.416 e. The van der Waals surface area contributed by atoms with Crippen LogP contribution in [-0.4, -0.2) is 27.3 Å². The first kappa shape index (κ1) is 16.5. The number of halogens is 3. The number of benzene rings is 1. The molecule has 7 nitrogen and oxygen atoms in total. The molecule has 0 amide bonds. The molecule has 2 aromatic rings. The van der Waals surface area contributed by atoms with Crippen molar-refractivity contribution >= 4 is 11.8 Å². The van der Waals surface area contributed by atoms with Gasteiger partial charge in [-0.2, -0.15) is 13.2 Å². The number of aromatic nitrogens is 2. The number of nitrogens with zero attached hydrogens (tertiary/aromatic N) is 3.